The monoisotopic (exact) mass is 261 g/mol. The third-order valence-corrected chi connectivity index (χ3v) is 5.74. The van der Waals surface area contributed by atoms with E-state index in [0.717, 1.165) is 25.4 Å². The minimum absolute atomic E-state index is 0.471. The lowest BCUT2D eigenvalue weighted by Gasteiger charge is -2.43. The summed E-state index contributed by atoms with van der Waals surface area (Å²) in [5.74, 6) is 0.932. The van der Waals surface area contributed by atoms with Gasteiger partial charge in [-0.1, -0.05) is 20.8 Å². The minimum atomic E-state index is 0.471. The van der Waals surface area contributed by atoms with E-state index in [1.54, 1.807) is 0 Å². The van der Waals surface area contributed by atoms with Gasteiger partial charge >= 0.3 is 0 Å². The zero-order chi connectivity index (χ0) is 13.5. The molecule has 1 aromatic rings. The number of aryl methyl sites for hydroxylation is 1. The van der Waals surface area contributed by atoms with Crippen molar-refractivity contribution in [2.45, 2.75) is 59.0 Å². The van der Waals surface area contributed by atoms with Crippen molar-refractivity contribution < 1.29 is 0 Å². The number of nitrogens with zero attached hydrogens (tertiary/aromatic N) is 2. The zero-order valence-corrected chi connectivity index (χ0v) is 12.5. The van der Waals surface area contributed by atoms with Crippen molar-refractivity contribution in [3.63, 3.8) is 0 Å². The molecule has 3 nitrogen and oxygen atoms in total. The first-order chi connectivity index (χ1) is 9.02. The summed E-state index contributed by atoms with van der Waals surface area (Å²) in [5, 5.41) is 8.12. The second-order valence-corrected chi connectivity index (χ2v) is 7.42. The first kappa shape index (κ1) is 13.2. The fourth-order valence-electron chi connectivity index (χ4n) is 4.73. The Morgan fingerprint density at radius 1 is 1.37 bits per heavy atom. The Bertz CT molecular complexity index is 418. The standard InChI is InChI=1S/C16H27N3/c1-15(2)13-6-7-16(3,12-13)14(15)17-8-4-10-19-11-5-9-18-19/h5,9,11,13-14,17H,4,6-8,10,12H2,1-3H3/t13-,14?,16+/m0/s1. The first-order valence-electron chi connectivity index (χ1n) is 7.73. The first-order valence-corrected chi connectivity index (χ1v) is 7.73. The predicted molar refractivity (Wildman–Crippen MR) is 77.9 cm³/mol. The molecule has 3 atom stereocenters. The highest BCUT2D eigenvalue weighted by Crippen LogP contribution is 2.62. The summed E-state index contributed by atoms with van der Waals surface area (Å²) < 4.78 is 2.02. The molecule has 2 saturated carbocycles. The molecule has 0 spiro atoms. The van der Waals surface area contributed by atoms with E-state index < -0.39 is 0 Å². The average molecular weight is 261 g/mol. The Labute approximate surface area is 116 Å². The summed E-state index contributed by atoms with van der Waals surface area (Å²) in [6, 6.07) is 2.68. The number of fused-ring (bicyclic) bond motifs is 2. The van der Waals surface area contributed by atoms with Crippen molar-refractivity contribution in [2.75, 3.05) is 6.54 Å². The summed E-state index contributed by atoms with van der Waals surface area (Å²) in [5.41, 5.74) is 1.01. The van der Waals surface area contributed by atoms with Crippen LogP contribution in [0.25, 0.3) is 0 Å². The highest BCUT2D eigenvalue weighted by molar-refractivity contribution is 5.11. The van der Waals surface area contributed by atoms with E-state index in [4.69, 9.17) is 0 Å². The van der Waals surface area contributed by atoms with Crippen LogP contribution in [0.3, 0.4) is 0 Å². The molecule has 19 heavy (non-hydrogen) atoms. The van der Waals surface area contributed by atoms with Gasteiger partial charge in [0.1, 0.15) is 0 Å². The Balaban J connectivity index is 1.52. The van der Waals surface area contributed by atoms with Crippen LogP contribution in [0, 0.1) is 16.7 Å². The average Bonchev–Trinajstić information content (AvgIpc) is 3.01. The van der Waals surface area contributed by atoms with Crippen LogP contribution >= 0.6 is 0 Å². The number of rotatable bonds is 5. The molecule has 0 aliphatic heterocycles. The van der Waals surface area contributed by atoms with Crippen molar-refractivity contribution >= 4 is 0 Å². The van der Waals surface area contributed by atoms with Gasteiger partial charge in [-0.15, -0.1) is 0 Å². The predicted octanol–water partition coefficient (Wildman–Crippen LogP) is 3.08. The van der Waals surface area contributed by atoms with Gasteiger partial charge in [-0.3, -0.25) is 4.68 Å². The molecule has 3 rings (SSSR count). The van der Waals surface area contributed by atoms with Gasteiger partial charge in [0.15, 0.2) is 0 Å². The molecule has 1 unspecified atom stereocenters. The van der Waals surface area contributed by atoms with E-state index in [1.807, 2.05) is 23.1 Å². The Morgan fingerprint density at radius 2 is 2.21 bits per heavy atom. The van der Waals surface area contributed by atoms with E-state index in [2.05, 4.69) is 31.2 Å². The maximum atomic E-state index is 4.25. The van der Waals surface area contributed by atoms with Crippen LogP contribution in [0.1, 0.15) is 46.5 Å². The van der Waals surface area contributed by atoms with E-state index in [9.17, 15) is 0 Å². The summed E-state index contributed by atoms with van der Waals surface area (Å²) in [7, 11) is 0. The molecule has 0 saturated heterocycles. The van der Waals surface area contributed by atoms with Crippen LogP contribution < -0.4 is 5.32 Å². The summed E-state index contributed by atoms with van der Waals surface area (Å²) >= 11 is 0. The molecule has 2 bridgehead atoms. The number of hydrogen-bond acceptors (Lipinski definition) is 2. The van der Waals surface area contributed by atoms with Gasteiger partial charge in [0.25, 0.3) is 0 Å². The van der Waals surface area contributed by atoms with Gasteiger partial charge < -0.3 is 5.32 Å². The van der Waals surface area contributed by atoms with Crippen LogP contribution in [0.5, 0.6) is 0 Å². The number of aromatic nitrogens is 2. The summed E-state index contributed by atoms with van der Waals surface area (Å²) in [6.07, 6.45) is 9.34. The Hall–Kier alpha value is -0.830. The highest BCUT2D eigenvalue weighted by atomic mass is 15.3. The number of nitrogens with one attached hydrogen (secondary N) is 1. The van der Waals surface area contributed by atoms with Crippen LogP contribution in [0.15, 0.2) is 18.5 Å². The molecule has 2 aliphatic rings. The van der Waals surface area contributed by atoms with Gasteiger partial charge in [-0.05, 0) is 55.0 Å². The van der Waals surface area contributed by atoms with Gasteiger partial charge in [-0.25, -0.2) is 0 Å². The van der Waals surface area contributed by atoms with E-state index in [1.165, 1.54) is 19.3 Å². The van der Waals surface area contributed by atoms with Gasteiger partial charge in [0.05, 0.1) is 0 Å². The van der Waals surface area contributed by atoms with Gasteiger partial charge in [-0.2, -0.15) is 5.10 Å². The molecule has 1 heterocycles. The Morgan fingerprint density at radius 3 is 2.84 bits per heavy atom. The molecule has 0 aromatic carbocycles. The van der Waals surface area contributed by atoms with Gasteiger partial charge in [0, 0.05) is 25.0 Å². The van der Waals surface area contributed by atoms with Crippen molar-refractivity contribution in [3.05, 3.63) is 18.5 Å². The highest BCUT2D eigenvalue weighted by Gasteiger charge is 2.58. The van der Waals surface area contributed by atoms with E-state index in [-0.39, 0.29) is 0 Å². The Kier molecular flexibility index (Phi) is 3.20. The van der Waals surface area contributed by atoms with E-state index in [0.29, 0.717) is 16.9 Å². The molecule has 0 radical (unpaired) electrons. The number of hydrogen-bond donors (Lipinski definition) is 1. The zero-order valence-electron chi connectivity index (χ0n) is 12.5. The van der Waals surface area contributed by atoms with Crippen LogP contribution in [-0.4, -0.2) is 22.4 Å². The van der Waals surface area contributed by atoms with Crippen LogP contribution in [0.2, 0.25) is 0 Å². The second-order valence-electron chi connectivity index (χ2n) is 7.42. The smallest absolute Gasteiger partial charge is 0.0489 e. The molecule has 106 valence electrons. The quantitative estimate of drug-likeness (QED) is 0.826. The SMILES string of the molecule is CC1(C)C(NCCCn2cccn2)[C@]2(C)CC[C@H]1C2. The lowest BCUT2D eigenvalue weighted by Crippen LogP contribution is -2.50. The van der Waals surface area contributed by atoms with Crippen molar-refractivity contribution in [2.24, 2.45) is 16.7 Å². The van der Waals surface area contributed by atoms with Crippen LogP contribution in [0.4, 0.5) is 0 Å². The van der Waals surface area contributed by atoms with Crippen molar-refractivity contribution in [3.8, 4) is 0 Å². The van der Waals surface area contributed by atoms with Crippen LogP contribution in [-0.2, 0) is 6.54 Å². The topological polar surface area (TPSA) is 29.9 Å². The van der Waals surface area contributed by atoms with Crippen molar-refractivity contribution in [1.82, 2.24) is 15.1 Å². The third-order valence-electron chi connectivity index (χ3n) is 5.74. The molecular formula is C16H27N3. The summed E-state index contributed by atoms with van der Waals surface area (Å²) in [6.45, 7) is 9.55. The molecule has 2 fully saturated rings. The molecule has 0 amide bonds. The molecule has 2 aliphatic carbocycles. The lowest BCUT2D eigenvalue weighted by atomic mass is 9.68. The molecule has 1 aromatic heterocycles. The molecular weight excluding hydrogens is 234 g/mol. The van der Waals surface area contributed by atoms with E-state index >= 15 is 0 Å². The maximum Gasteiger partial charge on any atom is 0.0489 e. The maximum absolute atomic E-state index is 4.25. The second kappa shape index (κ2) is 4.62. The minimum Gasteiger partial charge on any atom is -0.313 e. The molecule has 3 heteroatoms. The molecule has 1 N–H and O–H groups in total. The lowest BCUT2D eigenvalue weighted by molar-refractivity contribution is 0.109. The fraction of sp³-hybridized carbons (Fsp3) is 0.812. The van der Waals surface area contributed by atoms with Crippen molar-refractivity contribution in [1.29, 1.82) is 0 Å². The fourth-order valence-corrected chi connectivity index (χ4v) is 4.73. The third kappa shape index (κ3) is 2.22. The summed E-state index contributed by atoms with van der Waals surface area (Å²) in [4.78, 5) is 0. The van der Waals surface area contributed by atoms with Gasteiger partial charge in [0.2, 0.25) is 0 Å². The largest absolute Gasteiger partial charge is 0.313 e. The normalized spacial score (nSPS) is 35.9.